The molecule has 1 aliphatic heterocycles. The molecule has 0 aliphatic carbocycles. The second-order valence-corrected chi connectivity index (χ2v) is 7.64. The Bertz CT molecular complexity index is 1000. The highest BCUT2D eigenvalue weighted by molar-refractivity contribution is 8.01. The summed E-state index contributed by atoms with van der Waals surface area (Å²) in [6.07, 6.45) is 3.30. The molecule has 1 fully saturated rings. The molecule has 27 heavy (non-hydrogen) atoms. The molecule has 4 rings (SSSR count). The zero-order valence-electron chi connectivity index (χ0n) is 15.3. The summed E-state index contributed by atoms with van der Waals surface area (Å²) < 4.78 is 11.2. The van der Waals surface area contributed by atoms with Gasteiger partial charge >= 0.3 is 0 Å². The van der Waals surface area contributed by atoms with Gasteiger partial charge in [-0.25, -0.2) is 0 Å². The highest BCUT2D eigenvalue weighted by Gasteiger charge is 2.48. The van der Waals surface area contributed by atoms with E-state index in [1.165, 1.54) is 0 Å². The van der Waals surface area contributed by atoms with Gasteiger partial charge in [0.2, 0.25) is 5.91 Å². The summed E-state index contributed by atoms with van der Waals surface area (Å²) in [5, 5.41) is 0. The predicted molar refractivity (Wildman–Crippen MR) is 106 cm³/mol. The average molecular weight is 381 g/mol. The lowest BCUT2D eigenvalue weighted by Gasteiger charge is -2.36. The summed E-state index contributed by atoms with van der Waals surface area (Å²) in [6, 6.07) is 11.3. The zero-order valence-corrected chi connectivity index (χ0v) is 16.1. The molecule has 3 aromatic rings. The normalized spacial score (nSPS) is 19.5. The van der Waals surface area contributed by atoms with Crippen LogP contribution in [0.4, 0.5) is 5.69 Å². The molecule has 0 radical (unpaired) electrons. The first-order valence-corrected chi connectivity index (χ1v) is 9.46. The van der Waals surface area contributed by atoms with Crippen LogP contribution in [-0.4, -0.2) is 35.8 Å². The van der Waals surface area contributed by atoms with Gasteiger partial charge in [-0.05, 0) is 37.3 Å². The van der Waals surface area contributed by atoms with Crippen molar-refractivity contribution in [3.8, 4) is 11.5 Å². The third-order valence-electron chi connectivity index (χ3n) is 4.76. The first-order valence-electron chi connectivity index (χ1n) is 8.48. The number of ether oxygens (including phenoxy) is 2. The minimum Gasteiger partial charge on any atom is -0.496 e. The SMILES string of the molecule is COc1cccc(OC)c1C1(C)SCC(=O)N1c1ccc2nccnc2c1. The molecule has 1 atom stereocenters. The van der Waals surface area contributed by atoms with Crippen LogP contribution in [0.5, 0.6) is 11.5 Å². The van der Waals surface area contributed by atoms with E-state index in [0.29, 0.717) is 17.3 Å². The maximum Gasteiger partial charge on any atom is 0.238 e. The number of benzene rings is 2. The number of carbonyl (C=O) groups is 1. The van der Waals surface area contributed by atoms with E-state index in [1.54, 1.807) is 43.3 Å². The van der Waals surface area contributed by atoms with Gasteiger partial charge in [0.15, 0.2) is 0 Å². The first-order chi connectivity index (χ1) is 13.1. The summed E-state index contributed by atoms with van der Waals surface area (Å²) >= 11 is 1.55. The number of nitrogens with zero attached hydrogens (tertiary/aromatic N) is 3. The van der Waals surface area contributed by atoms with Crippen LogP contribution in [0.1, 0.15) is 12.5 Å². The number of hydrogen-bond acceptors (Lipinski definition) is 6. The standard InChI is InChI=1S/C20H19N3O3S/c1-20(19-16(25-2)5-4-6-17(19)26-3)23(18(24)12-27-20)13-7-8-14-15(11-13)22-10-9-21-14/h4-11H,12H2,1-3H3. The second-order valence-electron chi connectivity index (χ2n) is 6.27. The van der Waals surface area contributed by atoms with Gasteiger partial charge in [-0.2, -0.15) is 0 Å². The van der Waals surface area contributed by atoms with E-state index in [9.17, 15) is 4.79 Å². The molecule has 1 unspecified atom stereocenters. The molecule has 1 aliphatic rings. The molecule has 138 valence electrons. The number of hydrogen-bond donors (Lipinski definition) is 0. The fourth-order valence-electron chi connectivity index (χ4n) is 3.54. The smallest absolute Gasteiger partial charge is 0.238 e. The van der Waals surface area contributed by atoms with Gasteiger partial charge in [-0.1, -0.05) is 6.07 Å². The summed E-state index contributed by atoms with van der Waals surface area (Å²) in [4.78, 5) is 22.7. The van der Waals surface area contributed by atoms with Crippen molar-refractivity contribution in [3.05, 3.63) is 54.4 Å². The minimum atomic E-state index is -0.676. The van der Waals surface area contributed by atoms with Gasteiger partial charge in [0.25, 0.3) is 0 Å². The van der Waals surface area contributed by atoms with Crippen molar-refractivity contribution in [2.45, 2.75) is 11.8 Å². The van der Waals surface area contributed by atoms with Crippen molar-refractivity contribution in [1.29, 1.82) is 0 Å². The maximum absolute atomic E-state index is 12.9. The Hall–Kier alpha value is -2.80. The molecular weight excluding hydrogens is 362 g/mol. The van der Waals surface area contributed by atoms with Crippen LogP contribution < -0.4 is 14.4 Å². The fourth-order valence-corrected chi connectivity index (χ4v) is 4.76. The largest absolute Gasteiger partial charge is 0.496 e. The third kappa shape index (κ3) is 2.78. The predicted octanol–water partition coefficient (Wildman–Crippen LogP) is 3.60. The van der Waals surface area contributed by atoms with E-state index in [-0.39, 0.29) is 5.91 Å². The van der Waals surface area contributed by atoms with E-state index >= 15 is 0 Å². The lowest BCUT2D eigenvalue weighted by molar-refractivity contribution is -0.116. The number of amides is 1. The van der Waals surface area contributed by atoms with Crippen LogP contribution in [0.2, 0.25) is 0 Å². The summed E-state index contributed by atoms with van der Waals surface area (Å²) in [5.41, 5.74) is 3.14. The number of carbonyl (C=O) groups excluding carboxylic acids is 1. The fraction of sp³-hybridized carbons (Fsp3) is 0.250. The molecule has 7 heteroatoms. The molecule has 6 nitrogen and oxygen atoms in total. The molecule has 1 saturated heterocycles. The molecule has 1 aromatic heterocycles. The van der Waals surface area contributed by atoms with Gasteiger partial charge in [0.1, 0.15) is 16.4 Å². The number of anilines is 1. The number of rotatable bonds is 4. The number of methoxy groups -OCH3 is 2. The Morgan fingerprint density at radius 1 is 1.04 bits per heavy atom. The van der Waals surface area contributed by atoms with Crippen LogP contribution in [0, 0.1) is 0 Å². The number of thioether (sulfide) groups is 1. The van der Waals surface area contributed by atoms with Crippen LogP contribution >= 0.6 is 11.8 Å². The Kier molecular flexibility index (Phi) is 4.39. The quantitative estimate of drug-likeness (QED) is 0.688. The van der Waals surface area contributed by atoms with E-state index < -0.39 is 4.87 Å². The maximum atomic E-state index is 12.9. The van der Waals surface area contributed by atoms with Crippen LogP contribution in [0.3, 0.4) is 0 Å². The van der Waals surface area contributed by atoms with E-state index in [2.05, 4.69) is 9.97 Å². The number of aromatic nitrogens is 2. The topological polar surface area (TPSA) is 64.6 Å². The molecule has 0 spiro atoms. The van der Waals surface area contributed by atoms with Gasteiger partial charge < -0.3 is 9.47 Å². The van der Waals surface area contributed by atoms with Gasteiger partial charge in [0.05, 0.1) is 36.6 Å². The molecular formula is C20H19N3O3S. The molecule has 2 aromatic carbocycles. The average Bonchev–Trinajstić information content (AvgIpc) is 3.02. The monoisotopic (exact) mass is 381 g/mol. The summed E-state index contributed by atoms with van der Waals surface area (Å²) in [5.74, 6) is 1.77. The molecule has 1 amide bonds. The highest BCUT2D eigenvalue weighted by atomic mass is 32.2. The van der Waals surface area contributed by atoms with Crippen LogP contribution in [0.15, 0.2) is 48.8 Å². The zero-order chi connectivity index (χ0) is 19.0. The van der Waals surface area contributed by atoms with Crippen molar-refractivity contribution < 1.29 is 14.3 Å². The van der Waals surface area contributed by atoms with E-state index in [0.717, 1.165) is 22.3 Å². The molecule has 2 heterocycles. The summed E-state index contributed by atoms with van der Waals surface area (Å²) in [7, 11) is 3.25. The van der Waals surface area contributed by atoms with Crippen molar-refractivity contribution >= 4 is 34.4 Å². The molecule has 0 saturated carbocycles. The lowest BCUT2D eigenvalue weighted by Crippen LogP contribution is -2.40. The van der Waals surface area contributed by atoms with Crippen molar-refractivity contribution in [1.82, 2.24) is 9.97 Å². The molecule has 0 N–H and O–H groups in total. The Morgan fingerprint density at radius 3 is 2.37 bits per heavy atom. The van der Waals surface area contributed by atoms with E-state index in [1.807, 2.05) is 43.3 Å². The highest BCUT2D eigenvalue weighted by Crippen LogP contribution is 2.53. The van der Waals surface area contributed by atoms with Gasteiger partial charge in [0, 0.05) is 18.1 Å². The van der Waals surface area contributed by atoms with Crippen molar-refractivity contribution in [3.63, 3.8) is 0 Å². The van der Waals surface area contributed by atoms with Gasteiger partial charge in [-0.15, -0.1) is 11.8 Å². The summed E-state index contributed by atoms with van der Waals surface area (Å²) in [6.45, 7) is 2.02. The lowest BCUT2D eigenvalue weighted by atomic mass is 10.0. The Morgan fingerprint density at radius 2 is 1.70 bits per heavy atom. The Balaban J connectivity index is 1.90. The third-order valence-corrected chi connectivity index (χ3v) is 6.10. The first kappa shape index (κ1) is 17.6. The van der Waals surface area contributed by atoms with Crippen LogP contribution in [-0.2, 0) is 9.67 Å². The van der Waals surface area contributed by atoms with E-state index in [4.69, 9.17) is 9.47 Å². The molecule has 0 bridgehead atoms. The van der Waals surface area contributed by atoms with Gasteiger partial charge in [-0.3, -0.25) is 19.7 Å². The minimum absolute atomic E-state index is 0.0266. The number of fused-ring (bicyclic) bond motifs is 1. The van der Waals surface area contributed by atoms with Crippen molar-refractivity contribution in [2.24, 2.45) is 0 Å². The second kappa shape index (κ2) is 6.74. The van der Waals surface area contributed by atoms with Crippen LogP contribution in [0.25, 0.3) is 11.0 Å². The van der Waals surface area contributed by atoms with Crippen molar-refractivity contribution in [2.75, 3.05) is 24.9 Å². The Labute approximate surface area is 161 Å².